The minimum atomic E-state index is -0.854. The predicted octanol–water partition coefficient (Wildman–Crippen LogP) is 4.26. The number of halogens is 4. The number of nitrogens with zero attached hydrogens (tertiary/aromatic N) is 2. The van der Waals surface area contributed by atoms with Crippen molar-refractivity contribution >= 4 is 11.6 Å². The molecular weight excluding hydrogens is 402 g/mol. The first kappa shape index (κ1) is 21.6. The van der Waals surface area contributed by atoms with Gasteiger partial charge in [-0.3, -0.25) is 13.6 Å². The van der Waals surface area contributed by atoms with Gasteiger partial charge < -0.3 is 10.1 Å². The molecule has 0 atom stereocenters. The highest BCUT2D eigenvalue weighted by molar-refractivity contribution is 5.95. The fourth-order valence-electron chi connectivity index (χ4n) is 2.92. The smallest absolute Gasteiger partial charge is 0.270 e. The van der Waals surface area contributed by atoms with Gasteiger partial charge in [0, 0.05) is 24.2 Å². The predicted molar refractivity (Wildman–Crippen MR) is 103 cm³/mol. The second kappa shape index (κ2) is 9.15. The zero-order valence-electron chi connectivity index (χ0n) is 16.4. The van der Waals surface area contributed by atoms with Crippen LogP contribution < -0.4 is 10.1 Å². The third kappa shape index (κ3) is 4.39. The molecule has 0 aliphatic heterocycles. The summed E-state index contributed by atoms with van der Waals surface area (Å²) in [5.74, 6) is -1.55. The highest BCUT2D eigenvalue weighted by Gasteiger charge is 2.21. The summed E-state index contributed by atoms with van der Waals surface area (Å²) in [6.45, 7) is 1.23. The molecule has 0 aliphatic rings. The van der Waals surface area contributed by atoms with Gasteiger partial charge in [0.2, 0.25) is 0 Å². The molecule has 0 saturated heterocycles. The van der Waals surface area contributed by atoms with Crippen LogP contribution in [0.25, 0.3) is 5.65 Å². The first-order valence-electron chi connectivity index (χ1n) is 9.14. The molecule has 1 radical (unpaired) electrons. The Morgan fingerprint density at radius 2 is 1.93 bits per heavy atom. The van der Waals surface area contributed by atoms with Gasteiger partial charge in [-0.1, -0.05) is 13.0 Å². The molecule has 1 N–H and O–H groups in total. The average molecular weight is 422 g/mol. The van der Waals surface area contributed by atoms with Gasteiger partial charge in [-0.05, 0) is 25.1 Å². The SMILES string of the molecule is C[C](CF)CNC(=O)c1c(C)nc2c(OCc3c(F)cccc3F)cc(CF)cn12. The maximum Gasteiger partial charge on any atom is 0.270 e. The van der Waals surface area contributed by atoms with E-state index >= 15 is 0 Å². The second-order valence-corrected chi connectivity index (χ2v) is 6.85. The van der Waals surface area contributed by atoms with Crippen LogP contribution in [0.3, 0.4) is 0 Å². The summed E-state index contributed by atoms with van der Waals surface area (Å²) in [4.78, 5) is 16.9. The minimum absolute atomic E-state index is 0.0424. The molecule has 1 amide bonds. The molecule has 2 heterocycles. The van der Waals surface area contributed by atoms with E-state index in [0.717, 1.165) is 12.1 Å². The molecule has 3 aromatic rings. The van der Waals surface area contributed by atoms with E-state index in [-0.39, 0.29) is 34.8 Å². The third-order valence-electron chi connectivity index (χ3n) is 4.50. The van der Waals surface area contributed by atoms with Gasteiger partial charge in [-0.15, -0.1) is 0 Å². The van der Waals surface area contributed by atoms with E-state index in [1.165, 1.54) is 22.7 Å². The monoisotopic (exact) mass is 422 g/mol. The molecule has 0 fully saturated rings. The Morgan fingerprint density at radius 3 is 2.57 bits per heavy atom. The summed E-state index contributed by atoms with van der Waals surface area (Å²) in [6, 6.07) is 4.81. The van der Waals surface area contributed by atoms with Crippen LogP contribution in [0.2, 0.25) is 0 Å². The number of hydrogen-bond donors (Lipinski definition) is 1. The van der Waals surface area contributed by atoms with E-state index in [0.29, 0.717) is 11.6 Å². The number of hydrogen-bond acceptors (Lipinski definition) is 3. The number of amides is 1. The van der Waals surface area contributed by atoms with Crippen molar-refractivity contribution in [2.45, 2.75) is 27.1 Å². The van der Waals surface area contributed by atoms with Crippen LogP contribution in [0, 0.1) is 24.5 Å². The molecule has 9 heteroatoms. The van der Waals surface area contributed by atoms with Crippen molar-refractivity contribution < 1.29 is 27.1 Å². The van der Waals surface area contributed by atoms with Gasteiger partial charge in [0.25, 0.3) is 5.91 Å². The number of carbonyl (C=O) groups is 1. The van der Waals surface area contributed by atoms with Crippen LogP contribution in [0.1, 0.15) is 34.2 Å². The first-order chi connectivity index (χ1) is 14.3. The van der Waals surface area contributed by atoms with Gasteiger partial charge in [0.1, 0.15) is 30.6 Å². The summed E-state index contributed by atoms with van der Waals surface area (Å²) in [5.41, 5.74) is 0.569. The molecule has 0 bridgehead atoms. The molecule has 0 saturated carbocycles. The molecule has 0 unspecified atom stereocenters. The van der Waals surface area contributed by atoms with Gasteiger partial charge >= 0.3 is 0 Å². The van der Waals surface area contributed by atoms with Crippen LogP contribution in [-0.4, -0.2) is 28.5 Å². The van der Waals surface area contributed by atoms with Crippen molar-refractivity contribution in [3.05, 3.63) is 70.5 Å². The average Bonchev–Trinajstić information content (AvgIpc) is 3.06. The van der Waals surface area contributed by atoms with Crippen molar-refractivity contribution in [2.24, 2.45) is 0 Å². The number of alkyl halides is 2. The number of carbonyl (C=O) groups excluding carboxylic acids is 1. The van der Waals surface area contributed by atoms with Gasteiger partial charge in [0.15, 0.2) is 11.4 Å². The fraction of sp³-hybridized carbons (Fsp3) is 0.286. The Morgan fingerprint density at radius 1 is 1.23 bits per heavy atom. The summed E-state index contributed by atoms with van der Waals surface area (Å²) in [5, 5.41) is 2.59. The molecule has 30 heavy (non-hydrogen) atoms. The lowest BCUT2D eigenvalue weighted by atomic mass is 10.2. The van der Waals surface area contributed by atoms with Crippen molar-refractivity contribution in [2.75, 3.05) is 13.2 Å². The van der Waals surface area contributed by atoms with E-state index in [1.807, 2.05) is 0 Å². The fourth-order valence-corrected chi connectivity index (χ4v) is 2.92. The number of fused-ring (bicyclic) bond motifs is 1. The van der Waals surface area contributed by atoms with Gasteiger partial charge in [-0.25, -0.2) is 18.2 Å². The van der Waals surface area contributed by atoms with Crippen molar-refractivity contribution in [3.8, 4) is 5.75 Å². The first-order valence-corrected chi connectivity index (χ1v) is 9.14. The molecular formula is C21H20F4N3O2. The highest BCUT2D eigenvalue weighted by atomic mass is 19.1. The number of ether oxygens (including phenoxy) is 1. The van der Waals surface area contributed by atoms with E-state index in [1.54, 1.807) is 13.8 Å². The zero-order valence-corrected chi connectivity index (χ0v) is 16.4. The summed E-state index contributed by atoms with van der Waals surface area (Å²) in [7, 11) is 0. The minimum Gasteiger partial charge on any atom is -0.485 e. The number of aryl methyl sites for hydroxylation is 1. The molecule has 0 spiro atoms. The Bertz CT molecular complexity index is 1050. The number of pyridine rings is 1. The van der Waals surface area contributed by atoms with Crippen LogP contribution in [0.4, 0.5) is 17.6 Å². The van der Waals surface area contributed by atoms with E-state index in [4.69, 9.17) is 4.74 Å². The Labute approximate surface area is 170 Å². The van der Waals surface area contributed by atoms with E-state index in [9.17, 15) is 22.4 Å². The highest BCUT2D eigenvalue weighted by Crippen LogP contribution is 2.26. The van der Waals surface area contributed by atoms with Gasteiger partial charge in [-0.2, -0.15) is 0 Å². The second-order valence-electron chi connectivity index (χ2n) is 6.85. The van der Waals surface area contributed by atoms with E-state index < -0.39 is 37.5 Å². The van der Waals surface area contributed by atoms with Crippen LogP contribution >= 0.6 is 0 Å². The van der Waals surface area contributed by atoms with Crippen LogP contribution in [0.5, 0.6) is 5.75 Å². The normalized spacial score (nSPS) is 11.3. The zero-order chi connectivity index (χ0) is 21.8. The van der Waals surface area contributed by atoms with Crippen LogP contribution in [-0.2, 0) is 13.3 Å². The molecule has 3 rings (SSSR count). The standard InChI is InChI=1S/C21H20F4N3O2/c1-12(7-22)9-26-21(29)19-13(2)27-20-18(6-14(8-23)10-28(19)20)30-11-15-16(24)4-3-5-17(15)25/h3-6,10H,7-9,11H2,1-2H3,(H,26,29). The maximum absolute atomic E-state index is 13.9. The summed E-state index contributed by atoms with van der Waals surface area (Å²) in [6.07, 6.45) is 1.40. The molecule has 2 aromatic heterocycles. The lowest BCUT2D eigenvalue weighted by molar-refractivity contribution is 0.0948. The van der Waals surface area contributed by atoms with Crippen LogP contribution in [0.15, 0.2) is 30.5 Å². The number of rotatable bonds is 8. The molecule has 1 aromatic carbocycles. The lowest BCUT2D eigenvalue weighted by Crippen LogP contribution is -2.29. The maximum atomic E-state index is 13.9. The third-order valence-corrected chi connectivity index (χ3v) is 4.50. The van der Waals surface area contributed by atoms with Crippen molar-refractivity contribution in [1.82, 2.24) is 14.7 Å². The number of benzene rings is 1. The Balaban J connectivity index is 1.97. The lowest BCUT2D eigenvalue weighted by Gasteiger charge is -2.12. The largest absolute Gasteiger partial charge is 0.485 e. The van der Waals surface area contributed by atoms with Crippen molar-refractivity contribution in [1.29, 1.82) is 0 Å². The summed E-state index contributed by atoms with van der Waals surface area (Å²) < 4.78 is 60.7. The van der Waals surface area contributed by atoms with E-state index in [2.05, 4.69) is 10.3 Å². The number of aromatic nitrogens is 2. The van der Waals surface area contributed by atoms with Gasteiger partial charge in [0.05, 0.1) is 17.9 Å². The number of nitrogens with one attached hydrogen (secondary N) is 1. The Kier molecular flexibility index (Phi) is 6.59. The molecule has 159 valence electrons. The molecule has 5 nitrogen and oxygen atoms in total. The summed E-state index contributed by atoms with van der Waals surface area (Å²) >= 11 is 0. The molecule has 0 aliphatic carbocycles. The van der Waals surface area contributed by atoms with Crippen molar-refractivity contribution in [3.63, 3.8) is 0 Å². The Hall–Kier alpha value is -3.10. The topological polar surface area (TPSA) is 55.6 Å². The quantitative estimate of drug-likeness (QED) is 0.552. The number of imidazole rings is 1.